The number of unbranched alkanes of at least 4 members (excludes halogenated alkanes) is 2. The van der Waals surface area contributed by atoms with E-state index < -0.39 is 11.9 Å². The summed E-state index contributed by atoms with van der Waals surface area (Å²) in [6.45, 7) is 4.50. The molecule has 1 aromatic carbocycles. The van der Waals surface area contributed by atoms with Gasteiger partial charge in [0.25, 0.3) is 0 Å². The monoisotopic (exact) mass is 348 g/mol. The van der Waals surface area contributed by atoms with Gasteiger partial charge < -0.3 is 9.84 Å². The number of carboxylic acid groups (broad SMARTS) is 1. The third-order valence-corrected chi connectivity index (χ3v) is 4.51. The van der Waals surface area contributed by atoms with Crippen molar-refractivity contribution in [3.63, 3.8) is 0 Å². The summed E-state index contributed by atoms with van der Waals surface area (Å²) < 4.78 is 5.39. The molecule has 1 aromatic rings. The molecule has 0 aliphatic heterocycles. The van der Waals surface area contributed by atoms with Gasteiger partial charge in [-0.2, -0.15) is 0 Å². The molecule has 0 amide bonds. The van der Waals surface area contributed by atoms with Crippen LogP contribution in [0.5, 0.6) is 0 Å². The van der Waals surface area contributed by atoms with Crippen molar-refractivity contribution >= 4 is 11.9 Å². The SMILES string of the molecule is CCCCCC(CCC)CC(CC(=O)O)C(=O)OCc1ccccc1. The molecule has 2 unspecified atom stereocenters. The lowest BCUT2D eigenvalue weighted by molar-refractivity contribution is -0.155. The van der Waals surface area contributed by atoms with E-state index in [0.717, 1.165) is 37.7 Å². The van der Waals surface area contributed by atoms with Crippen LogP contribution < -0.4 is 0 Å². The standard InChI is InChI=1S/C21H32O4/c1-3-5-7-11-17(10-4-2)14-19(15-20(22)23)21(24)25-16-18-12-8-6-9-13-18/h6,8-9,12-13,17,19H,3-5,7,10-11,14-16H2,1-2H3,(H,22,23). The lowest BCUT2D eigenvalue weighted by atomic mass is 9.86. The van der Waals surface area contributed by atoms with Crippen LogP contribution >= 0.6 is 0 Å². The van der Waals surface area contributed by atoms with Crippen LogP contribution in [0.4, 0.5) is 0 Å². The van der Waals surface area contributed by atoms with Crippen LogP contribution in [0.3, 0.4) is 0 Å². The molecule has 0 radical (unpaired) electrons. The van der Waals surface area contributed by atoms with Gasteiger partial charge in [-0.1, -0.05) is 82.7 Å². The van der Waals surface area contributed by atoms with E-state index in [1.165, 1.54) is 6.42 Å². The molecular formula is C21H32O4. The molecule has 1 N–H and O–H groups in total. The van der Waals surface area contributed by atoms with Crippen molar-refractivity contribution in [2.24, 2.45) is 11.8 Å². The second-order valence-corrected chi connectivity index (χ2v) is 6.77. The van der Waals surface area contributed by atoms with Gasteiger partial charge in [0.05, 0.1) is 12.3 Å². The molecule has 25 heavy (non-hydrogen) atoms. The van der Waals surface area contributed by atoms with E-state index in [1.54, 1.807) is 0 Å². The largest absolute Gasteiger partial charge is 0.481 e. The number of benzene rings is 1. The normalized spacial score (nSPS) is 13.2. The molecule has 0 aromatic heterocycles. The second-order valence-electron chi connectivity index (χ2n) is 6.77. The molecule has 0 aliphatic rings. The molecule has 4 nitrogen and oxygen atoms in total. The van der Waals surface area contributed by atoms with Crippen molar-refractivity contribution in [3.8, 4) is 0 Å². The van der Waals surface area contributed by atoms with Gasteiger partial charge in [-0.15, -0.1) is 0 Å². The van der Waals surface area contributed by atoms with Crippen molar-refractivity contribution in [3.05, 3.63) is 35.9 Å². The molecule has 1 rings (SSSR count). The highest BCUT2D eigenvalue weighted by Gasteiger charge is 2.26. The Hall–Kier alpha value is -1.84. The predicted molar refractivity (Wildman–Crippen MR) is 99.1 cm³/mol. The Bertz CT molecular complexity index is 498. The minimum atomic E-state index is -0.939. The Morgan fingerprint density at radius 3 is 2.36 bits per heavy atom. The van der Waals surface area contributed by atoms with E-state index in [0.29, 0.717) is 12.3 Å². The number of aliphatic carboxylic acids is 1. The first kappa shape index (κ1) is 21.2. The Kier molecular flexibility index (Phi) is 10.6. The second kappa shape index (κ2) is 12.5. The number of hydrogen-bond acceptors (Lipinski definition) is 3. The smallest absolute Gasteiger partial charge is 0.309 e. The molecule has 0 saturated carbocycles. The summed E-state index contributed by atoms with van der Waals surface area (Å²) >= 11 is 0. The van der Waals surface area contributed by atoms with E-state index in [-0.39, 0.29) is 19.0 Å². The van der Waals surface area contributed by atoms with E-state index in [2.05, 4.69) is 13.8 Å². The van der Waals surface area contributed by atoms with Gasteiger partial charge in [-0.3, -0.25) is 9.59 Å². The third-order valence-electron chi connectivity index (χ3n) is 4.51. The van der Waals surface area contributed by atoms with Crippen molar-refractivity contribution < 1.29 is 19.4 Å². The van der Waals surface area contributed by atoms with Crippen molar-refractivity contribution in [2.75, 3.05) is 0 Å². The number of ether oxygens (including phenoxy) is 1. The molecule has 140 valence electrons. The van der Waals surface area contributed by atoms with Crippen LogP contribution in [0.2, 0.25) is 0 Å². The zero-order valence-corrected chi connectivity index (χ0v) is 15.6. The Balaban J connectivity index is 2.62. The molecule has 2 atom stereocenters. The molecule has 0 fully saturated rings. The number of carboxylic acids is 1. The summed E-state index contributed by atoms with van der Waals surface area (Å²) in [4.78, 5) is 23.6. The first-order valence-electron chi connectivity index (χ1n) is 9.49. The first-order chi connectivity index (χ1) is 12.1. The van der Waals surface area contributed by atoms with Crippen LogP contribution in [-0.4, -0.2) is 17.0 Å². The molecule has 0 spiro atoms. The minimum Gasteiger partial charge on any atom is -0.481 e. The highest BCUT2D eigenvalue weighted by Crippen LogP contribution is 2.26. The number of hydrogen-bond donors (Lipinski definition) is 1. The van der Waals surface area contributed by atoms with Crippen LogP contribution in [0.1, 0.15) is 70.8 Å². The van der Waals surface area contributed by atoms with Crippen LogP contribution in [-0.2, 0) is 20.9 Å². The van der Waals surface area contributed by atoms with Crippen LogP contribution in [0.25, 0.3) is 0 Å². The zero-order chi connectivity index (χ0) is 18.5. The quantitative estimate of drug-likeness (QED) is 0.393. The average Bonchev–Trinajstić information content (AvgIpc) is 2.60. The lowest BCUT2D eigenvalue weighted by Gasteiger charge is -2.21. The maximum absolute atomic E-state index is 12.4. The summed E-state index contributed by atoms with van der Waals surface area (Å²) in [5, 5.41) is 9.17. The van der Waals surface area contributed by atoms with Gasteiger partial charge in [0.2, 0.25) is 0 Å². The minimum absolute atomic E-state index is 0.151. The third kappa shape index (κ3) is 9.28. The van der Waals surface area contributed by atoms with Crippen molar-refractivity contribution in [1.82, 2.24) is 0 Å². The topological polar surface area (TPSA) is 63.6 Å². The van der Waals surface area contributed by atoms with E-state index in [9.17, 15) is 9.59 Å². The van der Waals surface area contributed by atoms with Gasteiger partial charge in [0, 0.05) is 0 Å². The van der Waals surface area contributed by atoms with Gasteiger partial charge >= 0.3 is 11.9 Å². The maximum Gasteiger partial charge on any atom is 0.309 e. The van der Waals surface area contributed by atoms with E-state index in [1.807, 2.05) is 30.3 Å². The highest BCUT2D eigenvalue weighted by molar-refractivity contribution is 5.79. The summed E-state index contributed by atoms with van der Waals surface area (Å²) in [7, 11) is 0. The maximum atomic E-state index is 12.4. The van der Waals surface area contributed by atoms with Gasteiger partial charge in [0.1, 0.15) is 6.61 Å². The van der Waals surface area contributed by atoms with Crippen molar-refractivity contribution in [1.29, 1.82) is 0 Å². The Labute approximate surface area is 151 Å². The molecule has 0 aliphatic carbocycles. The van der Waals surface area contributed by atoms with Crippen molar-refractivity contribution in [2.45, 2.75) is 71.8 Å². The number of rotatable bonds is 13. The first-order valence-corrected chi connectivity index (χ1v) is 9.49. The number of carbonyl (C=O) groups is 2. The molecule has 4 heteroatoms. The fraction of sp³-hybridized carbons (Fsp3) is 0.619. The highest BCUT2D eigenvalue weighted by atomic mass is 16.5. The zero-order valence-electron chi connectivity index (χ0n) is 15.6. The predicted octanol–water partition coefficient (Wildman–Crippen LogP) is 5.21. The summed E-state index contributed by atoms with van der Waals surface area (Å²) in [5.74, 6) is -1.49. The summed E-state index contributed by atoms with van der Waals surface area (Å²) in [5.41, 5.74) is 0.915. The average molecular weight is 348 g/mol. The molecule has 0 heterocycles. The molecule has 0 bridgehead atoms. The van der Waals surface area contributed by atoms with Gasteiger partial charge in [-0.05, 0) is 17.9 Å². The van der Waals surface area contributed by atoms with Gasteiger partial charge in [-0.25, -0.2) is 0 Å². The van der Waals surface area contributed by atoms with Crippen LogP contribution in [0, 0.1) is 11.8 Å². The summed E-state index contributed by atoms with van der Waals surface area (Å²) in [6.07, 6.45) is 7.09. The Morgan fingerprint density at radius 2 is 1.76 bits per heavy atom. The fourth-order valence-corrected chi connectivity index (χ4v) is 3.19. The molecule has 0 saturated heterocycles. The van der Waals surface area contributed by atoms with Crippen LogP contribution in [0.15, 0.2) is 30.3 Å². The fourth-order valence-electron chi connectivity index (χ4n) is 3.19. The number of esters is 1. The molecular weight excluding hydrogens is 316 g/mol. The van der Waals surface area contributed by atoms with E-state index in [4.69, 9.17) is 9.84 Å². The summed E-state index contributed by atoms with van der Waals surface area (Å²) in [6, 6.07) is 9.48. The van der Waals surface area contributed by atoms with E-state index >= 15 is 0 Å². The number of carbonyl (C=O) groups excluding carboxylic acids is 1. The van der Waals surface area contributed by atoms with Gasteiger partial charge in [0.15, 0.2) is 0 Å². The Morgan fingerprint density at radius 1 is 1.04 bits per heavy atom. The lowest BCUT2D eigenvalue weighted by Crippen LogP contribution is -2.24.